The van der Waals surface area contributed by atoms with Crippen molar-refractivity contribution in [1.29, 1.82) is 0 Å². The highest BCUT2D eigenvalue weighted by molar-refractivity contribution is 5.95. The molecule has 0 aliphatic carbocycles. The van der Waals surface area contributed by atoms with E-state index in [0.717, 1.165) is 6.20 Å². The third-order valence-electron chi connectivity index (χ3n) is 3.54. The lowest BCUT2D eigenvalue weighted by Gasteiger charge is -2.38. The van der Waals surface area contributed by atoms with Gasteiger partial charge in [0.2, 0.25) is 0 Å². The molecular weight excluding hydrogens is 251 g/mol. The third kappa shape index (κ3) is 2.89. The van der Waals surface area contributed by atoms with Crippen LogP contribution in [0.5, 0.6) is 0 Å². The van der Waals surface area contributed by atoms with Crippen LogP contribution in [0, 0.1) is 11.2 Å². The van der Waals surface area contributed by atoms with E-state index < -0.39 is 28.6 Å². The molecule has 2 N–H and O–H groups in total. The highest BCUT2D eigenvalue weighted by Crippen LogP contribution is 2.31. The molecule has 1 rings (SSSR count). The molecule has 104 valence electrons. The summed E-state index contributed by atoms with van der Waals surface area (Å²) in [5.41, 5.74) is -2.41. The Balaban J connectivity index is 3.00. The summed E-state index contributed by atoms with van der Waals surface area (Å²) in [5.74, 6) is -2.46. The summed E-state index contributed by atoms with van der Waals surface area (Å²) in [6.07, 6.45) is 2.23. The van der Waals surface area contributed by atoms with E-state index in [4.69, 9.17) is 0 Å². The molecule has 6 heteroatoms. The van der Waals surface area contributed by atoms with E-state index in [1.54, 1.807) is 13.8 Å². The number of rotatable bonds is 4. The number of halogens is 1. The first kappa shape index (κ1) is 15.1. The number of hydrogen-bond acceptors (Lipinski definition) is 3. The summed E-state index contributed by atoms with van der Waals surface area (Å²) >= 11 is 0. The minimum absolute atomic E-state index is 0.163. The lowest BCUT2D eigenvalue weighted by atomic mass is 9.74. The molecule has 0 radical (unpaired) electrons. The first-order chi connectivity index (χ1) is 8.59. The summed E-state index contributed by atoms with van der Waals surface area (Å²) in [4.78, 5) is 26.7. The monoisotopic (exact) mass is 268 g/mol. The lowest BCUT2D eigenvalue weighted by molar-refractivity contribution is -0.150. The number of carboxylic acids is 1. The Morgan fingerprint density at radius 3 is 2.37 bits per heavy atom. The number of carbonyl (C=O) groups excluding carboxylic acids is 1. The van der Waals surface area contributed by atoms with Crippen molar-refractivity contribution in [3.63, 3.8) is 0 Å². The summed E-state index contributed by atoms with van der Waals surface area (Å²) < 4.78 is 13.4. The van der Waals surface area contributed by atoms with Crippen molar-refractivity contribution in [1.82, 2.24) is 10.3 Å². The number of nitrogens with one attached hydrogen (secondary N) is 1. The number of amides is 1. The smallest absolute Gasteiger partial charge is 0.311 e. The second kappa shape index (κ2) is 4.95. The van der Waals surface area contributed by atoms with Crippen LogP contribution in [0.1, 0.15) is 38.1 Å². The third-order valence-corrected chi connectivity index (χ3v) is 3.54. The quantitative estimate of drug-likeness (QED) is 0.873. The Kier molecular flexibility index (Phi) is 3.93. The lowest BCUT2D eigenvalue weighted by Crippen LogP contribution is -2.57. The number of aliphatic carboxylic acids is 1. The maximum Gasteiger partial charge on any atom is 0.311 e. The van der Waals surface area contributed by atoms with E-state index in [9.17, 15) is 19.1 Å². The van der Waals surface area contributed by atoms with Gasteiger partial charge in [-0.15, -0.1) is 0 Å². The zero-order valence-corrected chi connectivity index (χ0v) is 11.3. The van der Waals surface area contributed by atoms with Gasteiger partial charge in [-0.3, -0.25) is 14.6 Å². The second-order valence-corrected chi connectivity index (χ2v) is 5.36. The minimum atomic E-state index is -1.20. The van der Waals surface area contributed by atoms with Gasteiger partial charge in [-0.1, -0.05) is 0 Å². The SMILES string of the molecule is CC(C)(NC(=O)c1ccncc1F)C(C)(C)C(=O)O. The molecule has 1 aromatic rings. The van der Waals surface area contributed by atoms with Crippen molar-refractivity contribution < 1.29 is 19.1 Å². The molecule has 0 saturated heterocycles. The van der Waals surface area contributed by atoms with Crippen LogP contribution in [0.4, 0.5) is 4.39 Å². The standard InChI is InChI=1S/C13H17FN2O3/c1-12(2,11(18)19)13(3,4)16-10(17)8-5-6-15-7-9(8)14/h5-7H,1-4H3,(H,16,17)(H,18,19). The Hall–Kier alpha value is -1.98. The Morgan fingerprint density at radius 1 is 1.32 bits per heavy atom. The van der Waals surface area contributed by atoms with Crippen molar-refractivity contribution in [3.8, 4) is 0 Å². The van der Waals surface area contributed by atoms with Crippen molar-refractivity contribution in [2.45, 2.75) is 33.2 Å². The summed E-state index contributed by atoms with van der Waals surface area (Å²) in [6, 6.07) is 1.24. The van der Waals surface area contributed by atoms with E-state index in [-0.39, 0.29) is 5.56 Å². The van der Waals surface area contributed by atoms with Crippen LogP contribution in [-0.2, 0) is 4.79 Å². The van der Waals surface area contributed by atoms with E-state index in [2.05, 4.69) is 10.3 Å². The number of pyridine rings is 1. The van der Waals surface area contributed by atoms with Gasteiger partial charge in [0.05, 0.1) is 22.7 Å². The molecular formula is C13H17FN2O3. The first-order valence-corrected chi connectivity index (χ1v) is 5.75. The molecule has 5 nitrogen and oxygen atoms in total. The Morgan fingerprint density at radius 2 is 1.89 bits per heavy atom. The van der Waals surface area contributed by atoms with Gasteiger partial charge in [0.1, 0.15) is 0 Å². The van der Waals surface area contributed by atoms with Crippen LogP contribution >= 0.6 is 0 Å². The van der Waals surface area contributed by atoms with Crippen LogP contribution in [0.25, 0.3) is 0 Å². The van der Waals surface area contributed by atoms with Crippen LogP contribution in [0.2, 0.25) is 0 Å². The van der Waals surface area contributed by atoms with E-state index in [1.165, 1.54) is 26.1 Å². The molecule has 0 aliphatic heterocycles. The van der Waals surface area contributed by atoms with Gasteiger partial charge in [0.25, 0.3) is 5.91 Å². The highest BCUT2D eigenvalue weighted by Gasteiger charge is 2.44. The number of aromatic nitrogens is 1. The fourth-order valence-corrected chi connectivity index (χ4v) is 1.33. The van der Waals surface area contributed by atoms with Gasteiger partial charge < -0.3 is 10.4 Å². The zero-order valence-electron chi connectivity index (χ0n) is 11.3. The molecule has 0 unspecified atom stereocenters. The van der Waals surface area contributed by atoms with Crippen molar-refractivity contribution >= 4 is 11.9 Å². The normalized spacial score (nSPS) is 12.1. The van der Waals surface area contributed by atoms with Crippen LogP contribution in [0.15, 0.2) is 18.5 Å². The van der Waals surface area contributed by atoms with Gasteiger partial charge in [-0.2, -0.15) is 0 Å². The van der Waals surface area contributed by atoms with E-state index >= 15 is 0 Å². The van der Waals surface area contributed by atoms with E-state index in [0.29, 0.717) is 0 Å². The second-order valence-electron chi connectivity index (χ2n) is 5.36. The highest BCUT2D eigenvalue weighted by atomic mass is 19.1. The summed E-state index contributed by atoms with van der Waals surface area (Å²) in [5, 5.41) is 11.7. The first-order valence-electron chi connectivity index (χ1n) is 5.75. The topological polar surface area (TPSA) is 79.3 Å². The van der Waals surface area contributed by atoms with Gasteiger partial charge in [-0.25, -0.2) is 4.39 Å². The summed E-state index contributed by atoms with van der Waals surface area (Å²) in [6.45, 7) is 6.16. The molecule has 1 amide bonds. The number of carbonyl (C=O) groups is 2. The molecule has 0 fully saturated rings. The molecule has 0 saturated carbocycles. The zero-order chi connectivity index (χ0) is 14.8. The maximum absolute atomic E-state index is 13.4. The van der Waals surface area contributed by atoms with Crippen LogP contribution < -0.4 is 5.32 Å². The fraction of sp³-hybridized carbons (Fsp3) is 0.462. The largest absolute Gasteiger partial charge is 0.481 e. The predicted octanol–water partition coefficient (Wildman–Crippen LogP) is 1.84. The fourth-order valence-electron chi connectivity index (χ4n) is 1.33. The van der Waals surface area contributed by atoms with Crippen molar-refractivity contribution in [2.75, 3.05) is 0 Å². The summed E-state index contributed by atoms with van der Waals surface area (Å²) in [7, 11) is 0. The van der Waals surface area contributed by atoms with Crippen molar-refractivity contribution in [3.05, 3.63) is 29.8 Å². The molecule has 1 heterocycles. The van der Waals surface area contributed by atoms with Crippen molar-refractivity contribution in [2.24, 2.45) is 5.41 Å². The molecule has 0 aliphatic rings. The number of nitrogens with zero attached hydrogens (tertiary/aromatic N) is 1. The molecule has 19 heavy (non-hydrogen) atoms. The maximum atomic E-state index is 13.4. The van der Waals surface area contributed by atoms with Gasteiger partial charge in [0, 0.05) is 6.20 Å². The van der Waals surface area contributed by atoms with E-state index in [1.807, 2.05) is 0 Å². The average molecular weight is 268 g/mol. The molecule has 0 spiro atoms. The molecule has 0 atom stereocenters. The molecule has 1 aromatic heterocycles. The predicted molar refractivity (Wildman–Crippen MR) is 67.2 cm³/mol. The van der Waals surface area contributed by atoms with Crippen LogP contribution in [-0.4, -0.2) is 27.5 Å². The van der Waals surface area contributed by atoms with Gasteiger partial charge >= 0.3 is 5.97 Å². The van der Waals surface area contributed by atoms with Crippen LogP contribution in [0.3, 0.4) is 0 Å². The Bertz CT molecular complexity index is 512. The molecule has 0 aromatic carbocycles. The number of hydrogen-bond donors (Lipinski definition) is 2. The average Bonchev–Trinajstić information content (AvgIpc) is 2.28. The Labute approximate surface area is 110 Å². The minimum Gasteiger partial charge on any atom is -0.481 e. The number of carboxylic acid groups (broad SMARTS) is 1. The van der Waals surface area contributed by atoms with Gasteiger partial charge in [-0.05, 0) is 33.8 Å². The molecule has 0 bridgehead atoms. The van der Waals surface area contributed by atoms with Gasteiger partial charge in [0.15, 0.2) is 5.82 Å².